The highest BCUT2D eigenvalue weighted by atomic mass is 19.1. The number of para-hydroxylation sites is 1. The standard InChI is InChI=1S/C24H23FN4O2/c1-24(2,23(31)26-14-13-17-15-27-21-6-4-3-5-19(17)21)29-22(30)12-11-20(28-29)16-7-9-18(25)10-8-16/h3-12,15,27H,13-14H2,1-2H3,(H,26,31). The number of benzene rings is 2. The molecule has 0 unspecified atom stereocenters. The Bertz CT molecular complexity index is 1290. The van der Waals surface area contributed by atoms with Gasteiger partial charge in [-0.2, -0.15) is 5.10 Å². The molecule has 0 bridgehead atoms. The van der Waals surface area contributed by atoms with Crippen LogP contribution < -0.4 is 10.9 Å². The summed E-state index contributed by atoms with van der Waals surface area (Å²) in [6, 6.07) is 16.8. The first-order valence-corrected chi connectivity index (χ1v) is 10.1. The molecular formula is C24H23FN4O2. The molecule has 2 aromatic heterocycles. The summed E-state index contributed by atoms with van der Waals surface area (Å²) < 4.78 is 14.4. The molecule has 31 heavy (non-hydrogen) atoms. The minimum Gasteiger partial charge on any atom is -0.361 e. The molecule has 0 aliphatic carbocycles. The minimum absolute atomic E-state index is 0.307. The predicted molar refractivity (Wildman–Crippen MR) is 118 cm³/mol. The number of hydrogen-bond acceptors (Lipinski definition) is 3. The number of aromatic amines is 1. The molecular weight excluding hydrogens is 395 g/mol. The molecule has 0 saturated carbocycles. The van der Waals surface area contributed by atoms with Gasteiger partial charge < -0.3 is 10.3 Å². The molecule has 0 aliphatic heterocycles. The first kappa shape index (κ1) is 20.5. The number of rotatable bonds is 6. The SMILES string of the molecule is CC(C)(C(=O)NCCc1c[nH]c2ccccc12)n1nc(-c2ccc(F)cc2)ccc1=O. The maximum atomic E-state index is 13.2. The lowest BCUT2D eigenvalue weighted by atomic mass is 10.0. The van der Waals surface area contributed by atoms with Gasteiger partial charge in [-0.25, -0.2) is 9.07 Å². The van der Waals surface area contributed by atoms with Crippen molar-refractivity contribution >= 4 is 16.8 Å². The number of nitrogens with zero attached hydrogens (tertiary/aromatic N) is 2. The number of amides is 1. The van der Waals surface area contributed by atoms with Crippen molar-refractivity contribution in [1.29, 1.82) is 0 Å². The molecule has 2 N–H and O–H groups in total. The summed E-state index contributed by atoms with van der Waals surface area (Å²) in [5.74, 6) is -0.662. The fourth-order valence-electron chi connectivity index (χ4n) is 3.55. The van der Waals surface area contributed by atoms with Crippen LogP contribution in [0.4, 0.5) is 4.39 Å². The largest absolute Gasteiger partial charge is 0.361 e. The molecule has 0 radical (unpaired) electrons. The van der Waals surface area contributed by atoms with Crippen LogP contribution in [0.15, 0.2) is 71.7 Å². The number of nitrogens with one attached hydrogen (secondary N) is 2. The van der Waals surface area contributed by atoms with Crippen LogP contribution >= 0.6 is 0 Å². The number of halogens is 1. The monoisotopic (exact) mass is 418 g/mol. The topological polar surface area (TPSA) is 79.8 Å². The van der Waals surface area contributed by atoms with E-state index in [9.17, 15) is 14.0 Å². The van der Waals surface area contributed by atoms with Crippen LogP contribution in [0.25, 0.3) is 22.2 Å². The smallest absolute Gasteiger partial charge is 0.267 e. The van der Waals surface area contributed by atoms with Gasteiger partial charge in [-0.1, -0.05) is 18.2 Å². The Morgan fingerprint density at radius 3 is 2.61 bits per heavy atom. The average Bonchev–Trinajstić information content (AvgIpc) is 3.18. The quantitative estimate of drug-likeness (QED) is 0.502. The lowest BCUT2D eigenvalue weighted by Crippen LogP contribution is -2.50. The van der Waals surface area contributed by atoms with E-state index in [-0.39, 0.29) is 17.3 Å². The summed E-state index contributed by atoms with van der Waals surface area (Å²) in [7, 11) is 0. The van der Waals surface area contributed by atoms with Crippen LogP contribution in [0.3, 0.4) is 0 Å². The molecule has 158 valence electrons. The molecule has 0 atom stereocenters. The zero-order chi connectivity index (χ0) is 22.0. The lowest BCUT2D eigenvalue weighted by molar-refractivity contribution is -0.128. The Balaban J connectivity index is 1.50. The van der Waals surface area contributed by atoms with E-state index >= 15 is 0 Å². The van der Waals surface area contributed by atoms with E-state index in [1.807, 2.05) is 30.5 Å². The third kappa shape index (κ3) is 4.12. The van der Waals surface area contributed by atoms with Crippen molar-refractivity contribution in [1.82, 2.24) is 20.1 Å². The van der Waals surface area contributed by atoms with Crippen LogP contribution in [0, 0.1) is 5.82 Å². The zero-order valence-electron chi connectivity index (χ0n) is 17.4. The first-order valence-electron chi connectivity index (χ1n) is 10.1. The van der Waals surface area contributed by atoms with Gasteiger partial charge >= 0.3 is 0 Å². The highest BCUT2D eigenvalue weighted by Gasteiger charge is 2.32. The van der Waals surface area contributed by atoms with Gasteiger partial charge in [0.25, 0.3) is 5.56 Å². The van der Waals surface area contributed by atoms with Gasteiger partial charge in [-0.05, 0) is 62.2 Å². The molecule has 0 aliphatic rings. The minimum atomic E-state index is -1.20. The zero-order valence-corrected chi connectivity index (χ0v) is 17.4. The lowest BCUT2D eigenvalue weighted by Gasteiger charge is -2.25. The van der Waals surface area contributed by atoms with Crippen molar-refractivity contribution in [3.05, 3.63) is 88.6 Å². The molecule has 2 heterocycles. The van der Waals surface area contributed by atoms with Crippen LogP contribution in [-0.2, 0) is 16.8 Å². The van der Waals surface area contributed by atoms with Crippen molar-refractivity contribution < 1.29 is 9.18 Å². The predicted octanol–water partition coefficient (Wildman–Crippen LogP) is 3.62. The summed E-state index contributed by atoms with van der Waals surface area (Å²) in [5.41, 5.74) is 1.72. The number of hydrogen-bond donors (Lipinski definition) is 2. The van der Waals surface area contributed by atoms with Crippen molar-refractivity contribution in [3.8, 4) is 11.3 Å². The first-order chi connectivity index (χ1) is 14.9. The van der Waals surface area contributed by atoms with Crippen LogP contribution in [0.5, 0.6) is 0 Å². The summed E-state index contributed by atoms with van der Waals surface area (Å²) in [5, 5.41) is 8.42. The van der Waals surface area contributed by atoms with Crippen molar-refractivity contribution in [3.63, 3.8) is 0 Å². The fourth-order valence-corrected chi connectivity index (χ4v) is 3.55. The van der Waals surface area contributed by atoms with Gasteiger partial charge in [0.15, 0.2) is 0 Å². The Morgan fingerprint density at radius 1 is 1.10 bits per heavy atom. The molecule has 0 saturated heterocycles. The summed E-state index contributed by atoms with van der Waals surface area (Å²) in [6.07, 6.45) is 2.60. The molecule has 2 aromatic carbocycles. The maximum Gasteiger partial charge on any atom is 0.267 e. The molecule has 1 amide bonds. The van der Waals surface area contributed by atoms with Gasteiger partial charge in [-0.15, -0.1) is 0 Å². The van der Waals surface area contributed by atoms with Crippen molar-refractivity contribution in [2.45, 2.75) is 25.8 Å². The van der Waals surface area contributed by atoms with Gasteiger partial charge in [0.2, 0.25) is 5.91 Å². The molecule has 0 fully saturated rings. The van der Waals surface area contributed by atoms with Crippen molar-refractivity contribution in [2.24, 2.45) is 0 Å². The van der Waals surface area contributed by atoms with Gasteiger partial charge in [0, 0.05) is 35.3 Å². The highest BCUT2D eigenvalue weighted by Crippen LogP contribution is 2.20. The molecule has 4 rings (SSSR count). The normalized spacial score (nSPS) is 11.6. The number of carbonyl (C=O) groups excluding carboxylic acids is 1. The Labute approximate surface area is 178 Å². The van der Waals surface area contributed by atoms with Crippen LogP contribution in [0.2, 0.25) is 0 Å². The Kier molecular flexibility index (Phi) is 5.42. The second-order valence-corrected chi connectivity index (χ2v) is 7.90. The molecule has 4 aromatic rings. The van der Waals surface area contributed by atoms with E-state index in [1.165, 1.54) is 22.9 Å². The second-order valence-electron chi connectivity index (χ2n) is 7.90. The Hall–Kier alpha value is -3.74. The molecule has 0 spiro atoms. The third-order valence-electron chi connectivity index (χ3n) is 5.38. The maximum absolute atomic E-state index is 13.2. The second kappa shape index (κ2) is 8.18. The van der Waals surface area contributed by atoms with Crippen LogP contribution in [-0.4, -0.2) is 27.2 Å². The summed E-state index contributed by atoms with van der Waals surface area (Å²) in [6.45, 7) is 3.73. The van der Waals surface area contributed by atoms with Crippen LogP contribution in [0.1, 0.15) is 19.4 Å². The third-order valence-corrected chi connectivity index (χ3v) is 5.38. The van der Waals surface area contributed by atoms with Gasteiger partial charge in [0.05, 0.1) is 5.69 Å². The van der Waals surface area contributed by atoms with E-state index in [4.69, 9.17) is 0 Å². The van der Waals surface area contributed by atoms with Gasteiger partial charge in [-0.3, -0.25) is 9.59 Å². The van der Waals surface area contributed by atoms with E-state index in [1.54, 1.807) is 32.0 Å². The number of H-pyrrole nitrogens is 1. The Morgan fingerprint density at radius 2 is 1.84 bits per heavy atom. The van der Waals surface area contributed by atoms with Crippen molar-refractivity contribution in [2.75, 3.05) is 6.54 Å². The number of fused-ring (bicyclic) bond motifs is 1. The molecule has 6 nitrogen and oxygen atoms in total. The summed E-state index contributed by atoms with van der Waals surface area (Å²) >= 11 is 0. The van der Waals surface area contributed by atoms with E-state index in [2.05, 4.69) is 15.4 Å². The summed E-state index contributed by atoms with van der Waals surface area (Å²) in [4.78, 5) is 28.6. The van der Waals surface area contributed by atoms with E-state index < -0.39 is 5.54 Å². The average molecular weight is 418 g/mol. The number of aromatic nitrogens is 3. The number of carbonyl (C=O) groups is 1. The fraction of sp³-hybridized carbons (Fsp3) is 0.208. The van der Waals surface area contributed by atoms with E-state index in [0.29, 0.717) is 24.2 Å². The van der Waals surface area contributed by atoms with Gasteiger partial charge in [0.1, 0.15) is 11.4 Å². The highest BCUT2D eigenvalue weighted by molar-refractivity contribution is 5.84. The molecule has 7 heteroatoms. The van der Waals surface area contributed by atoms with E-state index in [0.717, 1.165) is 16.5 Å².